The number of benzene rings is 1. The third-order valence-electron chi connectivity index (χ3n) is 4.91. The number of hydrogen-bond donors (Lipinski definition) is 0. The first-order valence-corrected chi connectivity index (χ1v) is 9.92. The van der Waals surface area contributed by atoms with Crippen molar-refractivity contribution in [2.45, 2.75) is 58.6 Å². The maximum absolute atomic E-state index is 12.8. The molecule has 0 unspecified atom stereocenters. The van der Waals surface area contributed by atoms with E-state index in [1.54, 1.807) is 11.1 Å². The summed E-state index contributed by atoms with van der Waals surface area (Å²) < 4.78 is 7.31. The molecule has 0 saturated carbocycles. The van der Waals surface area contributed by atoms with Gasteiger partial charge < -0.3 is 9.64 Å². The first kappa shape index (κ1) is 20.1. The molecule has 6 heteroatoms. The molecule has 28 heavy (non-hydrogen) atoms. The van der Waals surface area contributed by atoms with Crippen LogP contribution in [0.1, 0.15) is 61.6 Å². The molecule has 150 valence electrons. The molecular formula is C22H29N3O3. The summed E-state index contributed by atoms with van der Waals surface area (Å²) in [5.41, 5.74) is 2.43. The van der Waals surface area contributed by atoms with Gasteiger partial charge in [-0.15, -0.1) is 0 Å². The van der Waals surface area contributed by atoms with Crippen LogP contribution in [0.2, 0.25) is 0 Å². The van der Waals surface area contributed by atoms with Crippen molar-refractivity contribution in [3.05, 3.63) is 53.3 Å². The molecular weight excluding hydrogens is 354 g/mol. The van der Waals surface area contributed by atoms with Gasteiger partial charge in [-0.2, -0.15) is 5.10 Å². The number of hydrogen-bond acceptors (Lipinski definition) is 4. The van der Waals surface area contributed by atoms with Crippen LogP contribution in [0.5, 0.6) is 0 Å². The van der Waals surface area contributed by atoms with E-state index in [0.717, 1.165) is 29.7 Å². The molecule has 1 aromatic carbocycles. The van der Waals surface area contributed by atoms with Crippen molar-refractivity contribution < 1.29 is 14.3 Å². The summed E-state index contributed by atoms with van der Waals surface area (Å²) in [6, 6.07) is 9.65. The molecule has 0 bridgehead atoms. The first-order chi connectivity index (χ1) is 13.4. The molecule has 1 aromatic heterocycles. The molecule has 0 radical (unpaired) electrons. The molecule has 0 atom stereocenters. The predicted octanol–water partition coefficient (Wildman–Crippen LogP) is 4.19. The summed E-state index contributed by atoms with van der Waals surface area (Å²) in [6.45, 7) is 7.56. The van der Waals surface area contributed by atoms with Gasteiger partial charge in [0.2, 0.25) is 0 Å². The molecule has 6 nitrogen and oxygen atoms in total. The van der Waals surface area contributed by atoms with Crippen molar-refractivity contribution in [2.24, 2.45) is 0 Å². The van der Waals surface area contributed by atoms with Crippen molar-refractivity contribution >= 4 is 11.9 Å². The Bertz CT molecular complexity index is 821. The van der Waals surface area contributed by atoms with Crippen LogP contribution in [0, 0.1) is 0 Å². The Kier molecular flexibility index (Phi) is 6.17. The number of Topliss-reactive ketones (excluding diaryl/α,β-unsaturated/α-hetero) is 1. The Morgan fingerprint density at radius 3 is 2.46 bits per heavy atom. The lowest BCUT2D eigenvalue weighted by Gasteiger charge is -2.25. The van der Waals surface area contributed by atoms with Crippen LogP contribution in [0.3, 0.4) is 0 Å². The number of aryl methyl sites for hydroxylation is 1. The van der Waals surface area contributed by atoms with Crippen LogP contribution >= 0.6 is 0 Å². The highest BCUT2D eigenvalue weighted by molar-refractivity contribution is 5.96. The van der Waals surface area contributed by atoms with Gasteiger partial charge >= 0.3 is 6.09 Å². The Morgan fingerprint density at radius 2 is 1.79 bits per heavy atom. The van der Waals surface area contributed by atoms with E-state index < -0.39 is 0 Å². The zero-order chi connectivity index (χ0) is 20.1. The van der Waals surface area contributed by atoms with E-state index in [9.17, 15) is 9.59 Å². The molecule has 0 fully saturated rings. The number of aromatic nitrogens is 2. The topological polar surface area (TPSA) is 64.4 Å². The van der Waals surface area contributed by atoms with Crippen LogP contribution in [-0.2, 0) is 23.3 Å². The predicted molar refractivity (Wildman–Crippen MR) is 107 cm³/mol. The maximum atomic E-state index is 12.8. The zero-order valence-corrected chi connectivity index (χ0v) is 17.0. The molecule has 1 aliphatic rings. The number of rotatable bonds is 2. The minimum absolute atomic E-state index is 0.0990. The summed E-state index contributed by atoms with van der Waals surface area (Å²) in [5, 5.41) is 4.47. The molecule has 3 rings (SSSR count). The second kappa shape index (κ2) is 8.59. The zero-order valence-electron chi connectivity index (χ0n) is 17.0. The highest BCUT2D eigenvalue weighted by atomic mass is 16.6. The summed E-state index contributed by atoms with van der Waals surface area (Å²) in [7, 11) is 0. The number of ketones is 1. The van der Waals surface area contributed by atoms with Crippen LogP contribution in [0.15, 0.2) is 36.5 Å². The van der Waals surface area contributed by atoms with Gasteiger partial charge in [-0.1, -0.05) is 30.3 Å². The fourth-order valence-corrected chi connectivity index (χ4v) is 3.49. The summed E-state index contributed by atoms with van der Waals surface area (Å²) >= 11 is 0. The second-order valence-corrected chi connectivity index (χ2v) is 8.26. The van der Waals surface area contributed by atoms with Gasteiger partial charge in [0.05, 0.1) is 11.7 Å². The van der Waals surface area contributed by atoms with Gasteiger partial charge in [0.1, 0.15) is 12.3 Å². The van der Waals surface area contributed by atoms with Crippen molar-refractivity contribution in [3.63, 3.8) is 0 Å². The van der Waals surface area contributed by atoms with Gasteiger partial charge in [-0.25, -0.2) is 4.79 Å². The highest BCUT2D eigenvalue weighted by Gasteiger charge is 2.26. The minimum Gasteiger partial charge on any atom is -0.445 e. The summed E-state index contributed by atoms with van der Waals surface area (Å²) in [6.07, 6.45) is 4.00. The lowest BCUT2D eigenvalue weighted by molar-refractivity contribution is 0.0890. The van der Waals surface area contributed by atoms with Gasteiger partial charge in [0.25, 0.3) is 0 Å². The van der Waals surface area contributed by atoms with Gasteiger partial charge in [0, 0.05) is 25.1 Å². The second-order valence-electron chi connectivity index (χ2n) is 8.26. The van der Waals surface area contributed by atoms with Crippen LogP contribution < -0.4 is 0 Å². The molecule has 1 amide bonds. The molecule has 1 aliphatic heterocycles. The Balaban J connectivity index is 1.66. The van der Waals surface area contributed by atoms with E-state index in [0.29, 0.717) is 25.9 Å². The standard InChI is InChI=1S/C22H29N3O3/c1-22(2,3)25-20-18(15-23-25)11-7-13-24(14-8-12-19(20)26)21(27)28-16-17-9-5-4-6-10-17/h4-6,9-10,15H,7-8,11-14,16H2,1-3H3. The molecule has 2 aromatic rings. The molecule has 0 aliphatic carbocycles. The van der Waals surface area contributed by atoms with E-state index in [2.05, 4.69) is 25.9 Å². The summed E-state index contributed by atoms with van der Waals surface area (Å²) in [5.74, 6) is 0.0990. The smallest absolute Gasteiger partial charge is 0.410 e. The van der Waals surface area contributed by atoms with Crippen LogP contribution in [0.4, 0.5) is 4.79 Å². The molecule has 0 N–H and O–H groups in total. The average Bonchev–Trinajstić information content (AvgIpc) is 3.10. The van der Waals surface area contributed by atoms with Crippen molar-refractivity contribution in [3.8, 4) is 0 Å². The monoisotopic (exact) mass is 383 g/mol. The molecule has 0 spiro atoms. The molecule has 0 saturated heterocycles. The third-order valence-corrected chi connectivity index (χ3v) is 4.91. The minimum atomic E-state index is -0.317. The van der Waals surface area contributed by atoms with Crippen LogP contribution in [-0.4, -0.2) is 39.6 Å². The number of fused-ring (bicyclic) bond motifs is 1. The third kappa shape index (κ3) is 4.80. The van der Waals surface area contributed by atoms with Crippen molar-refractivity contribution in [2.75, 3.05) is 13.1 Å². The Morgan fingerprint density at radius 1 is 1.11 bits per heavy atom. The van der Waals surface area contributed by atoms with Gasteiger partial charge in [-0.3, -0.25) is 9.48 Å². The summed E-state index contributed by atoms with van der Waals surface area (Å²) in [4.78, 5) is 27.1. The molecule has 2 heterocycles. The van der Waals surface area contributed by atoms with Gasteiger partial charge in [-0.05, 0) is 45.6 Å². The van der Waals surface area contributed by atoms with E-state index in [-0.39, 0.29) is 24.0 Å². The maximum Gasteiger partial charge on any atom is 0.410 e. The number of carbonyl (C=O) groups is 2. The lowest BCUT2D eigenvalue weighted by Crippen LogP contribution is -2.35. The number of nitrogens with zero attached hydrogens (tertiary/aromatic N) is 3. The Hall–Kier alpha value is -2.63. The fourth-order valence-electron chi connectivity index (χ4n) is 3.49. The van der Waals surface area contributed by atoms with E-state index in [1.807, 2.05) is 35.0 Å². The SMILES string of the molecule is CC(C)(C)n1ncc2c1C(=O)CCCN(C(=O)OCc1ccccc1)CCC2. The fraction of sp³-hybridized carbons (Fsp3) is 0.500. The van der Waals surface area contributed by atoms with Gasteiger partial charge in [0.15, 0.2) is 5.78 Å². The van der Waals surface area contributed by atoms with Crippen molar-refractivity contribution in [1.82, 2.24) is 14.7 Å². The van der Waals surface area contributed by atoms with E-state index in [1.165, 1.54) is 0 Å². The number of amides is 1. The number of ether oxygens (including phenoxy) is 1. The lowest BCUT2D eigenvalue weighted by atomic mass is 10.0. The van der Waals surface area contributed by atoms with Crippen LogP contribution in [0.25, 0.3) is 0 Å². The Labute approximate surface area is 166 Å². The largest absolute Gasteiger partial charge is 0.445 e. The highest BCUT2D eigenvalue weighted by Crippen LogP contribution is 2.23. The quantitative estimate of drug-likeness (QED) is 0.780. The first-order valence-electron chi connectivity index (χ1n) is 9.92. The van der Waals surface area contributed by atoms with E-state index in [4.69, 9.17) is 4.74 Å². The number of carbonyl (C=O) groups excluding carboxylic acids is 2. The normalized spacial score (nSPS) is 15.8. The van der Waals surface area contributed by atoms with Crippen molar-refractivity contribution in [1.29, 1.82) is 0 Å². The van der Waals surface area contributed by atoms with E-state index >= 15 is 0 Å². The average molecular weight is 383 g/mol.